The lowest BCUT2D eigenvalue weighted by Gasteiger charge is -2.23. The summed E-state index contributed by atoms with van der Waals surface area (Å²) in [6.07, 6.45) is 0.444. The Morgan fingerprint density at radius 2 is 1.78 bits per heavy atom. The molecule has 2 fully saturated rings. The van der Waals surface area contributed by atoms with Crippen molar-refractivity contribution in [1.82, 2.24) is 0 Å². The molecule has 3 aromatic rings. The minimum Gasteiger partial charge on any atom is -0.481 e. The number of carboxylic acids is 1. The van der Waals surface area contributed by atoms with Gasteiger partial charge < -0.3 is 19.9 Å². The van der Waals surface area contributed by atoms with Crippen LogP contribution in [-0.2, 0) is 19.1 Å². The number of methoxy groups -OCH3 is 1. The molecule has 3 heterocycles. The maximum absolute atomic E-state index is 13.1. The molecular formula is C24H21NO6S. The largest absolute Gasteiger partial charge is 0.481 e. The van der Waals surface area contributed by atoms with E-state index in [4.69, 9.17) is 9.47 Å². The Morgan fingerprint density at radius 1 is 1.06 bits per heavy atom. The van der Waals surface area contributed by atoms with Gasteiger partial charge in [-0.05, 0) is 35.2 Å². The third kappa shape index (κ3) is 3.36. The Hall–Kier alpha value is -3.23. The second-order valence-corrected chi connectivity index (χ2v) is 8.96. The van der Waals surface area contributed by atoms with Crippen molar-refractivity contribution in [3.05, 3.63) is 53.4 Å². The Bertz CT molecular complexity index is 1230. The van der Waals surface area contributed by atoms with E-state index in [0.29, 0.717) is 23.4 Å². The van der Waals surface area contributed by atoms with Crippen LogP contribution < -0.4 is 5.32 Å². The minimum atomic E-state index is -1.03. The van der Waals surface area contributed by atoms with Crippen LogP contribution in [0.3, 0.4) is 0 Å². The predicted molar refractivity (Wildman–Crippen MR) is 120 cm³/mol. The van der Waals surface area contributed by atoms with Crippen molar-refractivity contribution in [3.8, 4) is 11.1 Å². The summed E-state index contributed by atoms with van der Waals surface area (Å²) in [4.78, 5) is 37.5. The number of thiophene rings is 1. The van der Waals surface area contributed by atoms with E-state index < -0.39 is 41.9 Å². The SMILES string of the molecule is COC(=O)c1c(-c2ccc3ccccc3c2)csc1NC(=O)[C@H]1[C@@H](C(=O)O)[C@H]2CC[C@@H]1O2. The van der Waals surface area contributed by atoms with Gasteiger partial charge in [0.15, 0.2) is 0 Å². The number of nitrogens with one attached hydrogen (secondary N) is 1. The van der Waals surface area contributed by atoms with E-state index in [0.717, 1.165) is 16.3 Å². The monoisotopic (exact) mass is 451 g/mol. The summed E-state index contributed by atoms with van der Waals surface area (Å²) in [5.74, 6) is -3.71. The van der Waals surface area contributed by atoms with Gasteiger partial charge >= 0.3 is 11.9 Å². The topological polar surface area (TPSA) is 102 Å². The van der Waals surface area contributed by atoms with Crippen LogP contribution in [0.5, 0.6) is 0 Å². The van der Waals surface area contributed by atoms with Crippen LogP contribution >= 0.6 is 11.3 Å². The Kier molecular flexibility index (Phi) is 5.19. The molecule has 1 aromatic heterocycles. The average molecular weight is 452 g/mol. The number of rotatable bonds is 5. The lowest BCUT2D eigenvalue weighted by atomic mass is 9.79. The average Bonchev–Trinajstić information content (AvgIpc) is 3.52. The van der Waals surface area contributed by atoms with Gasteiger partial charge in [0, 0.05) is 10.9 Å². The quantitative estimate of drug-likeness (QED) is 0.565. The van der Waals surface area contributed by atoms with Gasteiger partial charge in [-0.25, -0.2) is 4.79 Å². The van der Waals surface area contributed by atoms with Gasteiger partial charge in [0.2, 0.25) is 5.91 Å². The molecule has 0 spiro atoms. The molecule has 0 saturated carbocycles. The molecule has 2 bridgehead atoms. The number of anilines is 1. The third-order valence-corrected chi connectivity index (χ3v) is 7.23. The van der Waals surface area contributed by atoms with E-state index in [2.05, 4.69) is 5.32 Å². The molecule has 4 atom stereocenters. The molecule has 2 aliphatic heterocycles. The Morgan fingerprint density at radius 3 is 2.50 bits per heavy atom. The van der Waals surface area contributed by atoms with Gasteiger partial charge in [-0.2, -0.15) is 0 Å². The van der Waals surface area contributed by atoms with Crippen molar-refractivity contribution in [3.63, 3.8) is 0 Å². The molecule has 8 heteroatoms. The maximum atomic E-state index is 13.1. The molecule has 2 N–H and O–H groups in total. The van der Waals surface area contributed by atoms with Gasteiger partial charge in [-0.1, -0.05) is 36.4 Å². The number of ether oxygens (including phenoxy) is 2. The number of aliphatic carboxylic acids is 1. The zero-order valence-electron chi connectivity index (χ0n) is 17.2. The fraction of sp³-hybridized carbons (Fsp3) is 0.292. The Labute approximate surface area is 188 Å². The Balaban J connectivity index is 1.49. The van der Waals surface area contributed by atoms with Crippen LogP contribution in [0, 0.1) is 11.8 Å². The van der Waals surface area contributed by atoms with Gasteiger partial charge in [0.05, 0.1) is 31.2 Å². The van der Waals surface area contributed by atoms with Gasteiger partial charge in [-0.15, -0.1) is 11.3 Å². The number of amides is 1. The van der Waals surface area contributed by atoms with Crippen molar-refractivity contribution in [2.75, 3.05) is 12.4 Å². The van der Waals surface area contributed by atoms with E-state index in [9.17, 15) is 19.5 Å². The molecule has 2 aromatic carbocycles. The molecule has 5 rings (SSSR count). The molecule has 2 saturated heterocycles. The van der Waals surface area contributed by atoms with Crippen LogP contribution in [0.15, 0.2) is 47.8 Å². The first-order chi connectivity index (χ1) is 15.5. The summed E-state index contributed by atoms with van der Waals surface area (Å²) in [5.41, 5.74) is 1.74. The summed E-state index contributed by atoms with van der Waals surface area (Å²) in [6, 6.07) is 13.8. The van der Waals surface area contributed by atoms with Crippen LogP contribution in [0.2, 0.25) is 0 Å². The van der Waals surface area contributed by atoms with Crippen molar-refractivity contribution in [1.29, 1.82) is 0 Å². The van der Waals surface area contributed by atoms with E-state index in [1.54, 1.807) is 5.38 Å². The fourth-order valence-corrected chi connectivity index (χ4v) is 5.80. The van der Waals surface area contributed by atoms with Crippen molar-refractivity contribution in [2.45, 2.75) is 25.0 Å². The van der Waals surface area contributed by atoms with Crippen molar-refractivity contribution < 1.29 is 29.0 Å². The lowest BCUT2D eigenvalue weighted by Crippen LogP contribution is -2.41. The smallest absolute Gasteiger partial charge is 0.341 e. The van der Waals surface area contributed by atoms with Crippen LogP contribution in [0.1, 0.15) is 23.2 Å². The highest BCUT2D eigenvalue weighted by Crippen LogP contribution is 2.45. The first-order valence-corrected chi connectivity index (χ1v) is 11.2. The highest BCUT2D eigenvalue weighted by atomic mass is 32.1. The molecule has 0 unspecified atom stereocenters. The lowest BCUT2D eigenvalue weighted by molar-refractivity contribution is -0.147. The molecule has 0 radical (unpaired) electrons. The molecular weight excluding hydrogens is 430 g/mol. The van der Waals surface area contributed by atoms with Crippen LogP contribution in [0.25, 0.3) is 21.9 Å². The summed E-state index contributed by atoms with van der Waals surface area (Å²) < 4.78 is 10.7. The first kappa shape index (κ1) is 20.7. The van der Waals surface area contributed by atoms with Gasteiger partial charge in [0.25, 0.3) is 0 Å². The van der Waals surface area contributed by atoms with Crippen molar-refractivity contribution in [2.24, 2.45) is 11.8 Å². The van der Waals surface area contributed by atoms with Crippen molar-refractivity contribution >= 4 is 45.0 Å². The molecule has 0 aliphatic carbocycles. The number of carbonyl (C=O) groups is 3. The summed E-state index contributed by atoms with van der Waals surface area (Å²) in [5, 5.41) is 16.7. The highest BCUT2D eigenvalue weighted by molar-refractivity contribution is 7.15. The first-order valence-electron chi connectivity index (χ1n) is 10.4. The number of hydrogen-bond donors (Lipinski definition) is 2. The third-order valence-electron chi connectivity index (χ3n) is 6.34. The second kappa shape index (κ2) is 8.03. The molecule has 164 valence electrons. The van der Waals surface area contributed by atoms with E-state index in [-0.39, 0.29) is 5.56 Å². The van der Waals surface area contributed by atoms with E-state index in [1.165, 1.54) is 18.4 Å². The van der Waals surface area contributed by atoms with Crippen LogP contribution in [0.4, 0.5) is 5.00 Å². The molecule has 7 nitrogen and oxygen atoms in total. The van der Waals surface area contributed by atoms with Gasteiger partial charge in [0.1, 0.15) is 10.6 Å². The highest BCUT2D eigenvalue weighted by Gasteiger charge is 2.55. The van der Waals surface area contributed by atoms with Gasteiger partial charge in [-0.3, -0.25) is 9.59 Å². The molecule has 32 heavy (non-hydrogen) atoms. The number of carbonyl (C=O) groups excluding carboxylic acids is 2. The number of benzene rings is 2. The van der Waals surface area contributed by atoms with E-state index >= 15 is 0 Å². The predicted octanol–water partition coefficient (Wildman–Crippen LogP) is 4.17. The molecule has 2 aliphatic rings. The summed E-state index contributed by atoms with van der Waals surface area (Å²) in [6.45, 7) is 0. The second-order valence-electron chi connectivity index (χ2n) is 8.08. The minimum absolute atomic E-state index is 0.261. The normalized spacial score (nSPS) is 23.9. The zero-order valence-corrected chi connectivity index (χ0v) is 18.1. The number of carboxylic acid groups (broad SMARTS) is 1. The molecule has 1 amide bonds. The summed E-state index contributed by atoms with van der Waals surface area (Å²) in [7, 11) is 1.29. The zero-order chi connectivity index (χ0) is 22.4. The van der Waals surface area contributed by atoms with E-state index in [1.807, 2.05) is 42.5 Å². The fourth-order valence-electron chi connectivity index (χ4n) is 4.84. The summed E-state index contributed by atoms with van der Waals surface area (Å²) >= 11 is 1.22. The number of esters is 1. The maximum Gasteiger partial charge on any atom is 0.341 e. The number of fused-ring (bicyclic) bond motifs is 3. The number of hydrogen-bond acceptors (Lipinski definition) is 6. The standard InChI is InChI=1S/C24H21NO6S/c1-30-24(29)18-15(14-7-6-12-4-2-3-5-13(12)10-14)11-32-22(18)25-21(26)19-16-8-9-17(31-16)20(19)23(27)28/h2-7,10-11,16-17,19-20H,8-9H2,1H3,(H,25,26)(H,27,28)/t16-,17+,19+,20-/m0/s1. The van der Waals surface area contributed by atoms with Crippen LogP contribution in [-0.4, -0.2) is 42.3 Å².